The van der Waals surface area contributed by atoms with E-state index in [4.69, 9.17) is 10.00 Å². The summed E-state index contributed by atoms with van der Waals surface area (Å²) in [5, 5.41) is 8.99. The van der Waals surface area contributed by atoms with Crippen LogP contribution in [-0.2, 0) is 16.1 Å². The minimum Gasteiger partial charge on any atom is -0.353 e. The predicted molar refractivity (Wildman–Crippen MR) is 93.7 cm³/mol. The molecule has 3 fully saturated rings. The topological polar surface area (TPSA) is 72.4 Å². The first-order valence-electron chi connectivity index (χ1n) is 9.04. The summed E-state index contributed by atoms with van der Waals surface area (Å²) < 4.78 is 6.55. The molecule has 5 rings (SSSR count). The molecule has 0 aliphatic carbocycles. The molecule has 1 aromatic carbocycles. The number of likely N-dealkylation sites (tertiary alicyclic amines) is 1. The molecule has 1 amide bonds. The summed E-state index contributed by atoms with van der Waals surface area (Å²) in [6, 6.07) is 14.2. The molecule has 6 nitrogen and oxygen atoms in total. The molecule has 3 atom stereocenters. The molecule has 1 aromatic heterocycles. The molecule has 3 aliphatic rings. The molecular formula is C20H20N4O2. The quantitative estimate of drug-likeness (QED) is 0.923. The summed E-state index contributed by atoms with van der Waals surface area (Å²) in [5.74, 6) is 0.185. The number of ether oxygens (including phenoxy) is 1. The van der Waals surface area contributed by atoms with Crippen LogP contribution in [0.1, 0.15) is 35.8 Å². The van der Waals surface area contributed by atoms with Crippen LogP contribution in [0.15, 0.2) is 42.6 Å². The van der Waals surface area contributed by atoms with E-state index in [9.17, 15) is 4.79 Å². The van der Waals surface area contributed by atoms with Crippen molar-refractivity contribution in [2.24, 2.45) is 0 Å². The Morgan fingerprint density at radius 3 is 2.96 bits per heavy atom. The van der Waals surface area contributed by atoms with E-state index >= 15 is 0 Å². The number of nitrogens with one attached hydrogen (secondary N) is 1. The number of amides is 1. The number of aromatic amines is 1. The Hall–Kier alpha value is -2.62. The Balaban J connectivity index is 1.39. The SMILES string of the molecule is N#Cc1cc(CN2CC[C@@]34O[C@H](c5ccccc5)CN3C(=O)C[C@@H]24)c[nH]1. The second-order valence-corrected chi connectivity index (χ2v) is 7.34. The van der Waals surface area contributed by atoms with Gasteiger partial charge in [-0.1, -0.05) is 30.3 Å². The molecule has 26 heavy (non-hydrogen) atoms. The van der Waals surface area contributed by atoms with Crippen molar-refractivity contribution >= 4 is 5.91 Å². The van der Waals surface area contributed by atoms with Crippen molar-refractivity contribution in [2.45, 2.75) is 37.3 Å². The van der Waals surface area contributed by atoms with Gasteiger partial charge in [-0.25, -0.2) is 0 Å². The average Bonchev–Trinajstić information content (AvgIpc) is 3.40. The van der Waals surface area contributed by atoms with Crippen LogP contribution < -0.4 is 0 Å². The van der Waals surface area contributed by atoms with E-state index in [1.807, 2.05) is 35.4 Å². The first-order chi connectivity index (χ1) is 12.7. The van der Waals surface area contributed by atoms with Gasteiger partial charge in [-0.3, -0.25) is 9.69 Å². The highest BCUT2D eigenvalue weighted by molar-refractivity contribution is 5.81. The summed E-state index contributed by atoms with van der Waals surface area (Å²) >= 11 is 0. The molecule has 1 spiro atoms. The fourth-order valence-electron chi connectivity index (χ4n) is 4.77. The first-order valence-corrected chi connectivity index (χ1v) is 9.04. The van der Waals surface area contributed by atoms with E-state index < -0.39 is 5.72 Å². The maximum Gasteiger partial charge on any atom is 0.226 e. The molecule has 2 aromatic rings. The highest BCUT2D eigenvalue weighted by Gasteiger charge is 2.63. The van der Waals surface area contributed by atoms with Crippen LogP contribution in [-0.4, -0.2) is 45.5 Å². The number of carbonyl (C=O) groups is 1. The lowest BCUT2D eigenvalue weighted by Crippen LogP contribution is -2.47. The number of aromatic nitrogens is 1. The highest BCUT2D eigenvalue weighted by atomic mass is 16.5. The fourth-order valence-corrected chi connectivity index (χ4v) is 4.77. The summed E-state index contributed by atoms with van der Waals surface area (Å²) in [4.78, 5) is 19.9. The molecule has 0 bridgehead atoms. The van der Waals surface area contributed by atoms with Crippen molar-refractivity contribution in [1.82, 2.24) is 14.8 Å². The van der Waals surface area contributed by atoms with Crippen LogP contribution in [0.3, 0.4) is 0 Å². The summed E-state index contributed by atoms with van der Waals surface area (Å²) in [6.07, 6.45) is 3.17. The standard InChI is InChI=1S/C20H20N4O2/c21-10-16-8-14(11-22-16)12-23-7-6-20-18(23)9-19(25)24(20)13-17(26-20)15-4-2-1-3-5-15/h1-5,8,11,17-18,22H,6-7,9,12-13H2/t17-,18+,20-/m0/s1. The number of H-pyrrole nitrogens is 1. The zero-order chi connectivity index (χ0) is 17.7. The maximum absolute atomic E-state index is 12.7. The second kappa shape index (κ2) is 5.70. The number of hydrogen-bond acceptors (Lipinski definition) is 4. The third kappa shape index (κ3) is 2.21. The Kier molecular flexibility index (Phi) is 3.42. The third-order valence-electron chi connectivity index (χ3n) is 5.96. The minimum atomic E-state index is -0.494. The number of benzene rings is 1. The molecule has 6 heteroatoms. The zero-order valence-corrected chi connectivity index (χ0v) is 14.4. The second-order valence-electron chi connectivity index (χ2n) is 7.34. The van der Waals surface area contributed by atoms with Crippen molar-refractivity contribution in [3.8, 4) is 6.07 Å². The van der Waals surface area contributed by atoms with E-state index in [-0.39, 0.29) is 18.1 Å². The summed E-state index contributed by atoms with van der Waals surface area (Å²) in [6.45, 7) is 2.25. The number of rotatable bonds is 3. The smallest absolute Gasteiger partial charge is 0.226 e. The van der Waals surface area contributed by atoms with Gasteiger partial charge in [0.1, 0.15) is 17.9 Å². The van der Waals surface area contributed by atoms with Gasteiger partial charge in [0.25, 0.3) is 0 Å². The number of nitrogens with zero attached hydrogens (tertiary/aromatic N) is 3. The lowest BCUT2D eigenvalue weighted by atomic mass is 10.1. The van der Waals surface area contributed by atoms with E-state index in [1.165, 1.54) is 0 Å². The van der Waals surface area contributed by atoms with Gasteiger partial charge in [0.05, 0.1) is 12.6 Å². The lowest BCUT2D eigenvalue weighted by molar-refractivity contribution is -0.138. The van der Waals surface area contributed by atoms with Crippen molar-refractivity contribution in [2.75, 3.05) is 13.1 Å². The average molecular weight is 348 g/mol. The van der Waals surface area contributed by atoms with Crippen LogP contribution in [0.25, 0.3) is 0 Å². The van der Waals surface area contributed by atoms with Gasteiger partial charge in [0.2, 0.25) is 5.91 Å². The Bertz CT molecular complexity index is 887. The molecule has 1 N–H and O–H groups in total. The zero-order valence-electron chi connectivity index (χ0n) is 14.4. The molecule has 3 aliphatic heterocycles. The Labute approximate surface area is 152 Å². The normalized spacial score (nSPS) is 30.4. The molecule has 0 radical (unpaired) electrons. The van der Waals surface area contributed by atoms with Gasteiger partial charge in [0, 0.05) is 32.1 Å². The third-order valence-corrected chi connectivity index (χ3v) is 5.96. The number of carbonyl (C=O) groups excluding carboxylic acids is 1. The molecule has 132 valence electrons. The van der Waals surface area contributed by atoms with Crippen LogP contribution in [0, 0.1) is 11.3 Å². The van der Waals surface area contributed by atoms with Gasteiger partial charge < -0.3 is 14.6 Å². The largest absolute Gasteiger partial charge is 0.353 e. The van der Waals surface area contributed by atoms with E-state index in [0.29, 0.717) is 18.7 Å². The van der Waals surface area contributed by atoms with Crippen molar-refractivity contribution < 1.29 is 9.53 Å². The minimum absolute atomic E-state index is 0.0552. The fraction of sp³-hybridized carbons (Fsp3) is 0.400. The predicted octanol–water partition coefficient (Wildman–Crippen LogP) is 2.16. The number of nitriles is 1. The van der Waals surface area contributed by atoms with Crippen molar-refractivity contribution in [3.63, 3.8) is 0 Å². The van der Waals surface area contributed by atoms with E-state index in [2.05, 4.69) is 28.1 Å². The highest BCUT2D eigenvalue weighted by Crippen LogP contribution is 2.50. The Morgan fingerprint density at radius 1 is 1.35 bits per heavy atom. The molecular weight excluding hydrogens is 328 g/mol. The van der Waals surface area contributed by atoms with Gasteiger partial charge in [-0.2, -0.15) is 5.26 Å². The number of hydrogen-bond donors (Lipinski definition) is 1. The van der Waals surface area contributed by atoms with Crippen LogP contribution in [0.2, 0.25) is 0 Å². The lowest BCUT2D eigenvalue weighted by Gasteiger charge is -2.32. The van der Waals surface area contributed by atoms with E-state index in [1.54, 1.807) is 0 Å². The van der Waals surface area contributed by atoms with Gasteiger partial charge in [-0.05, 0) is 17.2 Å². The molecule has 3 saturated heterocycles. The molecule has 0 unspecified atom stereocenters. The van der Waals surface area contributed by atoms with Gasteiger partial charge in [0.15, 0.2) is 5.72 Å². The monoisotopic (exact) mass is 348 g/mol. The first kappa shape index (κ1) is 15.6. The van der Waals surface area contributed by atoms with Crippen LogP contribution in [0.5, 0.6) is 0 Å². The van der Waals surface area contributed by atoms with Crippen LogP contribution >= 0.6 is 0 Å². The maximum atomic E-state index is 12.7. The molecule has 4 heterocycles. The Morgan fingerprint density at radius 2 is 2.19 bits per heavy atom. The van der Waals surface area contributed by atoms with Gasteiger partial charge >= 0.3 is 0 Å². The van der Waals surface area contributed by atoms with Crippen molar-refractivity contribution in [1.29, 1.82) is 5.26 Å². The summed E-state index contributed by atoms with van der Waals surface area (Å²) in [7, 11) is 0. The van der Waals surface area contributed by atoms with Gasteiger partial charge in [-0.15, -0.1) is 0 Å². The summed E-state index contributed by atoms with van der Waals surface area (Å²) in [5.41, 5.74) is 2.28. The van der Waals surface area contributed by atoms with E-state index in [0.717, 1.165) is 30.6 Å². The van der Waals surface area contributed by atoms with Crippen LogP contribution in [0.4, 0.5) is 0 Å². The molecule has 0 saturated carbocycles. The van der Waals surface area contributed by atoms with Crippen molar-refractivity contribution in [3.05, 3.63) is 59.4 Å².